The number of nitrogens with one attached hydrogen (secondary N) is 1. The fourth-order valence-corrected chi connectivity index (χ4v) is 1.57. The van der Waals surface area contributed by atoms with Gasteiger partial charge in [0.15, 0.2) is 0 Å². The Hall–Kier alpha value is -0.570. The van der Waals surface area contributed by atoms with Crippen LogP contribution in [0.5, 0.6) is 0 Å². The summed E-state index contributed by atoms with van der Waals surface area (Å²) >= 11 is 5.91. The number of ether oxygens (including phenoxy) is 1. The summed E-state index contributed by atoms with van der Waals surface area (Å²) in [6, 6.07) is 7.79. The van der Waals surface area contributed by atoms with Gasteiger partial charge in [-0.25, -0.2) is 0 Å². The quantitative estimate of drug-likeness (QED) is 0.812. The van der Waals surface area contributed by atoms with Gasteiger partial charge in [-0.3, -0.25) is 0 Å². The fraction of sp³-hybridized carbons (Fsp3) is 0.455. The van der Waals surface area contributed by atoms with Crippen molar-refractivity contribution in [3.63, 3.8) is 0 Å². The van der Waals surface area contributed by atoms with E-state index in [1.807, 2.05) is 38.2 Å². The number of hydrogen-bond acceptors (Lipinski definition) is 2. The van der Waals surface area contributed by atoms with Crippen molar-refractivity contribution in [2.24, 2.45) is 0 Å². The van der Waals surface area contributed by atoms with Crippen LogP contribution in [-0.2, 0) is 4.74 Å². The van der Waals surface area contributed by atoms with Gasteiger partial charge in [0.2, 0.25) is 0 Å². The summed E-state index contributed by atoms with van der Waals surface area (Å²) in [5, 5.41) is 3.86. The molecule has 3 heteroatoms. The Kier molecular flexibility index (Phi) is 4.94. The molecule has 0 radical (unpaired) electrons. The highest BCUT2D eigenvalue weighted by atomic mass is 35.5. The van der Waals surface area contributed by atoms with E-state index >= 15 is 0 Å². The van der Waals surface area contributed by atoms with E-state index in [-0.39, 0.29) is 6.10 Å². The first-order valence-electron chi connectivity index (χ1n) is 4.79. The standard InChI is InChI=1S/C11H16ClNO/c1-3-14-11(8-13-2)9-5-4-6-10(12)7-9/h4-7,11,13H,3,8H2,1-2H3. The van der Waals surface area contributed by atoms with Crippen molar-refractivity contribution in [3.05, 3.63) is 34.9 Å². The molecule has 1 N–H and O–H groups in total. The van der Waals surface area contributed by atoms with Crippen LogP contribution in [0.4, 0.5) is 0 Å². The zero-order chi connectivity index (χ0) is 10.4. The van der Waals surface area contributed by atoms with Crippen LogP contribution in [0.3, 0.4) is 0 Å². The molecule has 1 rings (SSSR count). The van der Waals surface area contributed by atoms with Gasteiger partial charge in [-0.05, 0) is 31.7 Å². The van der Waals surface area contributed by atoms with E-state index in [0.29, 0.717) is 6.61 Å². The Bertz CT molecular complexity index is 272. The first-order valence-corrected chi connectivity index (χ1v) is 5.17. The summed E-state index contributed by atoms with van der Waals surface area (Å²) in [7, 11) is 1.91. The maximum absolute atomic E-state index is 5.91. The van der Waals surface area contributed by atoms with Crippen LogP contribution >= 0.6 is 11.6 Å². The molecule has 0 spiro atoms. The lowest BCUT2D eigenvalue weighted by atomic mass is 10.1. The molecule has 0 aliphatic heterocycles. The Morgan fingerprint density at radius 2 is 2.29 bits per heavy atom. The first-order chi connectivity index (χ1) is 6.77. The van der Waals surface area contributed by atoms with Crippen LogP contribution in [0.1, 0.15) is 18.6 Å². The van der Waals surface area contributed by atoms with Gasteiger partial charge in [0.1, 0.15) is 0 Å². The second-order valence-electron chi connectivity index (χ2n) is 3.06. The Balaban J connectivity index is 2.75. The Morgan fingerprint density at radius 1 is 1.50 bits per heavy atom. The number of hydrogen-bond donors (Lipinski definition) is 1. The minimum absolute atomic E-state index is 0.0868. The van der Waals surface area contributed by atoms with E-state index in [1.165, 1.54) is 0 Å². The summed E-state index contributed by atoms with van der Waals surface area (Å²) in [5.74, 6) is 0. The predicted octanol–water partition coefficient (Wildman–Crippen LogP) is 2.64. The van der Waals surface area contributed by atoms with Crippen LogP contribution in [0, 0.1) is 0 Å². The van der Waals surface area contributed by atoms with Crippen molar-refractivity contribution in [2.75, 3.05) is 20.2 Å². The molecule has 1 aromatic carbocycles. The molecule has 0 aliphatic carbocycles. The normalized spacial score (nSPS) is 12.8. The second-order valence-corrected chi connectivity index (χ2v) is 3.49. The fourth-order valence-electron chi connectivity index (χ4n) is 1.37. The van der Waals surface area contributed by atoms with E-state index in [4.69, 9.17) is 16.3 Å². The molecule has 0 amide bonds. The van der Waals surface area contributed by atoms with Crippen molar-refractivity contribution in [1.29, 1.82) is 0 Å². The van der Waals surface area contributed by atoms with Gasteiger partial charge in [-0.2, -0.15) is 0 Å². The summed E-state index contributed by atoms with van der Waals surface area (Å²) in [5.41, 5.74) is 1.12. The van der Waals surface area contributed by atoms with Crippen molar-refractivity contribution in [3.8, 4) is 0 Å². The molecule has 0 saturated carbocycles. The molecule has 0 aliphatic rings. The van der Waals surface area contributed by atoms with Gasteiger partial charge in [-0.1, -0.05) is 23.7 Å². The lowest BCUT2D eigenvalue weighted by molar-refractivity contribution is 0.0638. The van der Waals surface area contributed by atoms with Crippen molar-refractivity contribution >= 4 is 11.6 Å². The zero-order valence-electron chi connectivity index (χ0n) is 8.59. The van der Waals surface area contributed by atoms with Crippen LogP contribution in [0.2, 0.25) is 5.02 Å². The molecular weight excluding hydrogens is 198 g/mol. The van der Waals surface area contributed by atoms with E-state index in [1.54, 1.807) is 0 Å². The SMILES string of the molecule is CCOC(CNC)c1cccc(Cl)c1. The predicted molar refractivity (Wildman–Crippen MR) is 59.7 cm³/mol. The number of likely N-dealkylation sites (N-methyl/N-ethyl adjacent to an activating group) is 1. The average Bonchev–Trinajstić information content (AvgIpc) is 2.17. The molecule has 0 saturated heterocycles. The molecule has 1 atom stereocenters. The van der Waals surface area contributed by atoms with E-state index in [0.717, 1.165) is 17.1 Å². The highest BCUT2D eigenvalue weighted by Crippen LogP contribution is 2.20. The smallest absolute Gasteiger partial charge is 0.0949 e. The second kappa shape index (κ2) is 6.02. The van der Waals surface area contributed by atoms with Crippen molar-refractivity contribution in [1.82, 2.24) is 5.32 Å². The molecule has 0 fully saturated rings. The minimum Gasteiger partial charge on any atom is -0.372 e. The average molecular weight is 214 g/mol. The molecular formula is C11H16ClNO. The monoisotopic (exact) mass is 213 g/mol. The lowest BCUT2D eigenvalue weighted by Crippen LogP contribution is -2.19. The summed E-state index contributed by atoms with van der Waals surface area (Å²) in [6.07, 6.45) is 0.0868. The largest absolute Gasteiger partial charge is 0.372 e. The van der Waals surface area contributed by atoms with Crippen LogP contribution in [0.15, 0.2) is 24.3 Å². The summed E-state index contributed by atoms with van der Waals surface area (Å²) in [6.45, 7) is 3.50. The molecule has 1 aromatic rings. The van der Waals surface area contributed by atoms with Crippen molar-refractivity contribution in [2.45, 2.75) is 13.0 Å². The molecule has 78 valence electrons. The van der Waals surface area contributed by atoms with Gasteiger partial charge >= 0.3 is 0 Å². The summed E-state index contributed by atoms with van der Waals surface area (Å²) in [4.78, 5) is 0. The van der Waals surface area contributed by atoms with E-state index < -0.39 is 0 Å². The van der Waals surface area contributed by atoms with E-state index in [2.05, 4.69) is 5.32 Å². The zero-order valence-corrected chi connectivity index (χ0v) is 9.34. The maximum atomic E-state index is 5.91. The maximum Gasteiger partial charge on any atom is 0.0949 e. The van der Waals surface area contributed by atoms with Crippen LogP contribution in [-0.4, -0.2) is 20.2 Å². The van der Waals surface area contributed by atoms with Gasteiger partial charge < -0.3 is 10.1 Å². The van der Waals surface area contributed by atoms with Gasteiger partial charge in [-0.15, -0.1) is 0 Å². The third-order valence-corrected chi connectivity index (χ3v) is 2.21. The lowest BCUT2D eigenvalue weighted by Gasteiger charge is -2.17. The highest BCUT2D eigenvalue weighted by molar-refractivity contribution is 6.30. The molecule has 2 nitrogen and oxygen atoms in total. The molecule has 1 unspecified atom stereocenters. The van der Waals surface area contributed by atoms with Crippen LogP contribution < -0.4 is 5.32 Å². The number of benzene rings is 1. The van der Waals surface area contributed by atoms with Crippen LogP contribution in [0.25, 0.3) is 0 Å². The topological polar surface area (TPSA) is 21.3 Å². The molecule has 14 heavy (non-hydrogen) atoms. The van der Waals surface area contributed by atoms with Crippen molar-refractivity contribution < 1.29 is 4.74 Å². The molecule has 0 aromatic heterocycles. The third kappa shape index (κ3) is 3.29. The highest BCUT2D eigenvalue weighted by Gasteiger charge is 2.09. The van der Waals surface area contributed by atoms with Gasteiger partial charge in [0.05, 0.1) is 6.10 Å². The minimum atomic E-state index is 0.0868. The van der Waals surface area contributed by atoms with Gasteiger partial charge in [0.25, 0.3) is 0 Å². The molecule has 0 heterocycles. The number of rotatable bonds is 5. The van der Waals surface area contributed by atoms with Gasteiger partial charge in [0, 0.05) is 18.2 Å². The molecule has 0 bridgehead atoms. The Morgan fingerprint density at radius 3 is 2.86 bits per heavy atom. The number of halogens is 1. The summed E-state index contributed by atoms with van der Waals surface area (Å²) < 4.78 is 5.60. The first kappa shape index (κ1) is 11.5. The van der Waals surface area contributed by atoms with E-state index in [9.17, 15) is 0 Å². The Labute approximate surface area is 90.2 Å². The third-order valence-electron chi connectivity index (χ3n) is 1.98.